The van der Waals surface area contributed by atoms with E-state index in [4.69, 9.17) is 30.5 Å². The highest BCUT2D eigenvalue weighted by Gasteiger charge is 2.35. The van der Waals surface area contributed by atoms with Crippen molar-refractivity contribution in [3.8, 4) is 23.0 Å². The largest absolute Gasteiger partial charge is 0.493 e. The summed E-state index contributed by atoms with van der Waals surface area (Å²) in [6.45, 7) is 0.519. The number of rotatable bonds is 7. The average Bonchev–Trinajstić information content (AvgIpc) is 3.43. The molecule has 0 saturated carbocycles. The number of amides is 2. The minimum atomic E-state index is -0.395. The number of hydrogen-bond acceptors (Lipinski definition) is 7. The van der Waals surface area contributed by atoms with E-state index in [1.807, 2.05) is 30.3 Å². The van der Waals surface area contributed by atoms with E-state index in [0.29, 0.717) is 50.7 Å². The van der Waals surface area contributed by atoms with Crippen LogP contribution < -0.4 is 18.9 Å². The van der Waals surface area contributed by atoms with Crippen molar-refractivity contribution in [2.75, 3.05) is 13.9 Å². The molecule has 7 nitrogen and oxygen atoms in total. The summed E-state index contributed by atoms with van der Waals surface area (Å²) in [5.41, 5.74) is 2.31. The molecule has 1 fully saturated rings. The molecule has 10 heteroatoms. The van der Waals surface area contributed by atoms with Crippen LogP contribution in [0.25, 0.3) is 6.08 Å². The van der Waals surface area contributed by atoms with E-state index in [9.17, 15) is 9.59 Å². The summed E-state index contributed by atoms with van der Waals surface area (Å²) in [7, 11) is 1.55. The molecule has 36 heavy (non-hydrogen) atoms. The van der Waals surface area contributed by atoms with E-state index < -0.39 is 5.91 Å². The van der Waals surface area contributed by atoms with Crippen LogP contribution in [0.15, 0.2) is 64.0 Å². The summed E-state index contributed by atoms with van der Waals surface area (Å²) < 4.78 is 23.1. The van der Waals surface area contributed by atoms with Gasteiger partial charge in [-0.3, -0.25) is 14.5 Å². The van der Waals surface area contributed by atoms with Crippen LogP contribution in [0.1, 0.15) is 16.7 Å². The number of halogens is 2. The van der Waals surface area contributed by atoms with E-state index in [1.165, 1.54) is 0 Å². The maximum atomic E-state index is 13.0. The van der Waals surface area contributed by atoms with Gasteiger partial charge in [-0.05, 0) is 64.9 Å². The molecule has 5 rings (SSSR count). The van der Waals surface area contributed by atoms with Gasteiger partial charge < -0.3 is 18.9 Å². The first-order valence-corrected chi connectivity index (χ1v) is 12.8. The molecule has 2 aliphatic heterocycles. The molecule has 0 aliphatic carbocycles. The second-order valence-electron chi connectivity index (χ2n) is 7.89. The molecule has 2 aliphatic rings. The fraction of sp³-hybridized carbons (Fsp3) is 0.154. The number of methoxy groups -OCH3 is 1. The zero-order valence-electron chi connectivity index (χ0n) is 19.0. The van der Waals surface area contributed by atoms with Gasteiger partial charge in [0.25, 0.3) is 11.1 Å². The van der Waals surface area contributed by atoms with Crippen molar-refractivity contribution in [1.82, 2.24) is 4.90 Å². The third-order valence-electron chi connectivity index (χ3n) is 5.54. The summed E-state index contributed by atoms with van der Waals surface area (Å²) in [6, 6.07) is 16.5. The van der Waals surface area contributed by atoms with Crippen LogP contribution in [-0.4, -0.2) is 29.9 Å². The summed E-state index contributed by atoms with van der Waals surface area (Å²) in [5.74, 6) is 1.77. The lowest BCUT2D eigenvalue weighted by atomic mass is 10.1. The van der Waals surface area contributed by atoms with E-state index in [2.05, 4.69) is 15.9 Å². The normalized spacial score (nSPS) is 15.6. The van der Waals surface area contributed by atoms with Crippen molar-refractivity contribution < 1.29 is 28.5 Å². The van der Waals surface area contributed by atoms with Crippen molar-refractivity contribution in [3.05, 3.63) is 85.7 Å². The van der Waals surface area contributed by atoms with Gasteiger partial charge in [-0.15, -0.1) is 0 Å². The van der Waals surface area contributed by atoms with E-state index in [-0.39, 0.29) is 18.6 Å². The van der Waals surface area contributed by atoms with Crippen molar-refractivity contribution in [2.24, 2.45) is 0 Å². The lowest BCUT2D eigenvalue weighted by Crippen LogP contribution is -2.27. The molecule has 3 aromatic carbocycles. The molecule has 0 spiro atoms. The fourth-order valence-corrected chi connectivity index (χ4v) is 4.99. The zero-order chi connectivity index (χ0) is 25.2. The molecule has 0 atom stereocenters. The van der Waals surface area contributed by atoms with E-state index >= 15 is 0 Å². The number of carbonyl (C=O) groups excluding carboxylic acids is 2. The van der Waals surface area contributed by atoms with Crippen molar-refractivity contribution in [2.45, 2.75) is 13.2 Å². The van der Waals surface area contributed by atoms with Gasteiger partial charge in [-0.25, -0.2) is 0 Å². The van der Waals surface area contributed by atoms with Gasteiger partial charge >= 0.3 is 0 Å². The minimum Gasteiger partial charge on any atom is -0.493 e. The highest BCUT2D eigenvalue weighted by Crippen LogP contribution is 2.40. The van der Waals surface area contributed by atoms with Crippen LogP contribution in [0.3, 0.4) is 0 Å². The molecule has 184 valence electrons. The molecular weight excluding hydrogens is 570 g/mol. The Kier molecular flexibility index (Phi) is 7.13. The molecule has 0 radical (unpaired) electrons. The lowest BCUT2D eigenvalue weighted by molar-refractivity contribution is -0.123. The first-order chi connectivity index (χ1) is 17.4. The molecule has 0 unspecified atom stereocenters. The van der Waals surface area contributed by atoms with Crippen LogP contribution in [0.5, 0.6) is 23.0 Å². The van der Waals surface area contributed by atoms with Crippen LogP contribution >= 0.6 is 39.3 Å². The maximum absolute atomic E-state index is 13.0. The van der Waals surface area contributed by atoms with Crippen molar-refractivity contribution in [1.29, 1.82) is 0 Å². The van der Waals surface area contributed by atoms with Gasteiger partial charge in [0, 0.05) is 15.6 Å². The van der Waals surface area contributed by atoms with Crippen LogP contribution in [-0.2, 0) is 17.9 Å². The number of hydrogen-bond donors (Lipinski definition) is 0. The quantitative estimate of drug-likeness (QED) is 0.286. The zero-order valence-corrected chi connectivity index (χ0v) is 22.1. The minimum absolute atomic E-state index is 0.0314. The second-order valence-corrected chi connectivity index (χ2v) is 10.2. The summed E-state index contributed by atoms with van der Waals surface area (Å²) in [5, 5.41) is 0.0205. The molecule has 2 amide bonds. The summed E-state index contributed by atoms with van der Waals surface area (Å²) >= 11 is 10.6. The Morgan fingerprint density at radius 3 is 2.56 bits per heavy atom. The Morgan fingerprint density at radius 1 is 1.06 bits per heavy atom. The van der Waals surface area contributed by atoms with E-state index in [1.54, 1.807) is 37.5 Å². The first-order valence-electron chi connectivity index (χ1n) is 10.8. The van der Waals surface area contributed by atoms with Crippen molar-refractivity contribution in [3.63, 3.8) is 0 Å². The Morgan fingerprint density at radius 2 is 1.81 bits per heavy atom. The Hall–Kier alpha value is -3.14. The molecule has 0 aromatic heterocycles. The predicted octanol–water partition coefficient (Wildman–Crippen LogP) is 6.66. The fourth-order valence-electron chi connectivity index (χ4n) is 3.67. The number of benzene rings is 3. The van der Waals surface area contributed by atoms with Crippen LogP contribution in [0.2, 0.25) is 5.02 Å². The highest BCUT2D eigenvalue weighted by molar-refractivity contribution is 9.10. The molecule has 2 heterocycles. The number of ether oxygens (including phenoxy) is 4. The lowest BCUT2D eigenvalue weighted by Gasteiger charge is -2.14. The number of thioether (sulfide) groups is 1. The molecular formula is C26H19BrClNO6S. The Balaban J connectivity index is 1.30. The van der Waals surface area contributed by atoms with Gasteiger partial charge in [0.05, 0.1) is 18.6 Å². The molecule has 1 saturated heterocycles. The SMILES string of the molecule is COc1cc(/C=C2\SC(=O)N(Cc3cc4c(cc3Cl)OCO4)C2=O)ccc1OCc1ccc(Br)cc1. The van der Waals surface area contributed by atoms with Gasteiger partial charge in [0.1, 0.15) is 6.61 Å². The van der Waals surface area contributed by atoms with Crippen LogP contribution in [0.4, 0.5) is 4.79 Å². The monoisotopic (exact) mass is 587 g/mol. The third-order valence-corrected chi connectivity index (χ3v) is 7.32. The Labute approximate surface area is 225 Å². The molecule has 0 N–H and O–H groups in total. The highest BCUT2D eigenvalue weighted by atomic mass is 79.9. The smallest absolute Gasteiger partial charge is 0.293 e. The summed E-state index contributed by atoms with van der Waals surface area (Å²) in [6.07, 6.45) is 1.66. The predicted molar refractivity (Wildman–Crippen MR) is 141 cm³/mol. The second kappa shape index (κ2) is 10.5. The number of fused-ring (bicyclic) bond motifs is 1. The number of imide groups is 1. The Bertz CT molecular complexity index is 1380. The van der Waals surface area contributed by atoms with Gasteiger partial charge in [-0.1, -0.05) is 45.7 Å². The van der Waals surface area contributed by atoms with Gasteiger partial charge in [0.15, 0.2) is 23.0 Å². The van der Waals surface area contributed by atoms with Crippen LogP contribution in [0, 0.1) is 0 Å². The summed E-state index contributed by atoms with van der Waals surface area (Å²) in [4.78, 5) is 27.1. The first kappa shape index (κ1) is 24.5. The topological polar surface area (TPSA) is 74.3 Å². The third kappa shape index (κ3) is 5.18. The average molecular weight is 589 g/mol. The number of nitrogens with zero attached hydrogens (tertiary/aromatic N) is 1. The van der Waals surface area contributed by atoms with Gasteiger partial charge in [0.2, 0.25) is 6.79 Å². The number of carbonyl (C=O) groups is 2. The molecule has 0 bridgehead atoms. The standard InChI is InChI=1S/C26H19BrClNO6S/c1-32-21-8-16(4-7-20(21)33-13-15-2-5-18(27)6-3-15)9-24-25(30)29(26(31)36-24)12-17-10-22-23(11-19(17)28)35-14-34-22/h2-11H,12-14H2,1H3/b24-9-. The van der Waals surface area contributed by atoms with Crippen molar-refractivity contribution >= 4 is 56.5 Å². The molecule has 3 aromatic rings. The maximum Gasteiger partial charge on any atom is 0.293 e. The van der Waals surface area contributed by atoms with Gasteiger partial charge in [-0.2, -0.15) is 0 Å². The van der Waals surface area contributed by atoms with E-state index in [0.717, 1.165) is 26.7 Å².